The number of rotatable bonds is 4. The fraction of sp³-hybridized carbons (Fsp3) is 0.125. The smallest absolute Gasteiger partial charge is 0.328 e. The maximum Gasteiger partial charge on any atom is 0.328 e. The van der Waals surface area contributed by atoms with Gasteiger partial charge in [0.15, 0.2) is 0 Å². The van der Waals surface area contributed by atoms with Crippen LogP contribution in [-0.2, 0) is 4.79 Å². The van der Waals surface area contributed by atoms with Gasteiger partial charge in [0.2, 0.25) is 0 Å². The zero-order valence-corrected chi connectivity index (χ0v) is 15.4. The quantitative estimate of drug-likeness (QED) is 0.457. The predicted octanol–water partition coefficient (Wildman–Crippen LogP) is 5.98. The van der Waals surface area contributed by atoms with Crippen LogP contribution in [0.3, 0.4) is 0 Å². The summed E-state index contributed by atoms with van der Waals surface area (Å²) in [6.45, 7) is 4.29. The van der Waals surface area contributed by atoms with Crippen molar-refractivity contribution in [3.05, 3.63) is 84.2 Å². The van der Waals surface area contributed by atoms with Crippen LogP contribution >= 0.6 is 0 Å². The molecule has 0 radical (unpaired) electrons. The molecule has 4 aromatic rings. The summed E-state index contributed by atoms with van der Waals surface area (Å²) in [6, 6.07) is 20.6. The van der Waals surface area contributed by atoms with E-state index in [9.17, 15) is 9.90 Å². The van der Waals surface area contributed by atoms with Gasteiger partial charge in [0.05, 0.1) is 5.52 Å². The van der Waals surface area contributed by atoms with Gasteiger partial charge in [-0.25, -0.2) is 4.79 Å². The van der Waals surface area contributed by atoms with Crippen LogP contribution in [0.4, 0.5) is 0 Å². The van der Waals surface area contributed by atoms with Crippen molar-refractivity contribution in [2.75, 3.05) is 0 Å². The third-order valence-corrected chi connectivity index (χ3v) is 4.90. The summed E-state index contributed by atoms with van der Waals surface area (Å²) >= 11 is 0. The summed E-state index contributed by atoms with van der Waals surface area (Å²) < 4.78 is 2.22. The zero-order chi connectivity index (χ0) is 19.0. The second kappa shape index (κ2) is 6.76. The lowest BCUT2D eigenvalue weighted by molar-refractivity contribution is -0.131. The molecule has 0 aliphatic carbocycles. The first-order valence-corrected chi connectivity index (χ1v) is 9.10. The molecule has 0 unspecified atom stereocenters. The maximum atomic E-state index is 11.2. The summed E-state index contributed by atoms with van der Waals surface area (Å²) in [5.74, 6) is -0.701. The second-order valence-electron chi connectivity index (χ2n) is 6.99. The highest BCUT2D eigenvalue weighted by Gasteiger charge is 2.21. The predicted molar refractivity (Wildman–Crippen MR) is 111 cm³/mol. The van der Waals surface area contributed by atoms with Gasteiger partial charge in [0, 0.05) is 34.5 Å². The second-order valence-corrected chi connectivity index (χ2v) is 6.99. The highest BCUT2D eigenvalue weighted by molar-refractivity contribution is 6.07. The Kier molecular flexibility index (Phi) is 4.28. The third-order valence-electron chi connectivity index (χ3n) is 4.90. The highest BCUT2D eigenvalue weighted by atomic mass is 16.4. The van der Waals surface area contributed by atoms with Crippen molar-refractivity contribution in [1.82, 2.24) is 4.40 Å². The minimum Gasteiger partial charge on any atom is -0.478 e. The van der Waals surface area contributed by atoms with E-state index in [2.05, 4.69) is 54.8 Å². The van der Waals surface area contributed by atoms with Gasteiger partial charge >= 0.3 is 5.97 Å². The van der Waals surface area contributed by atoms with Crippen molar-refractivity contribution >= 4 is 28.3 Å². The molecule has 0 bridgehead atoms. The number of aromatic nitrogens is 1. The lowest BCUT2D eigenvalue weighted by Gasteiger charge is -2.09. The Balaban J connectivity index is 2.23. The largest absolute Gasteiger partial charge is 0.478 e. The summed E-state index contributed by atoms with van der Waals surface area (Å²) in [5, 5.41) is 11.6. The molecule has 0 saturated carbocycles. The van der Waals surface area contributed by atoms with Gasteiger partial charge in [0.1, 0.15) is 0 Å². The Labute approximate surface area is 158 Å². The molecule has 0 spiro atoms. The van der Waals surface area contributed by atoms with E-state index in [0.29, 0.717) is 0 Å². The molecule has 0 aliphatic heterocycles. The number of fused-ring (bicyclic) bond motifs is 3. The van der Waals surface area contributed by atoms with Crippen molar-refractivity contribution in [3.63, 3.8) is 0 Å². The van der Waals surface area contributed by atoms with Gasteiger partial charge in [0.25, 0.3) is 0 Å². The molecule has 27 heavy (non-hydrogen) atoms. The van der Waals surface area contributed by atoms with Crippen LogP contribution in [0.1, 0.15) is 31.0 Å². The van der Waals surface area contributed by atoms with Gasteiger partial charge in [-0.2, -0.15) is 0 Å². The Morgan fingerprint density at radius 1 is 1.00 bits per heavy atom. The third kappa shape index (κ3) is 2.91. The van der Waals surface area contributed by atoms with Crippen LogP contribution in [-0.4, -0.2) is 15.5 Å². The van der Waals surface area contributed by atoms with E-state index < -0.39 is 5.97 Å². The van der Waals surface area contributed by atoms with Crippen LogP contribution in [0.25, 0.3) is 33.5 Å². The molecule has 0 amide bonds. The topological polar surface area (TPSA) is 41.7 Å². The van der Waals surface area contributed by atoms with Gasteiger partial charge in [-0.05, 0) is 29.0 Å². The molecule has 0 aliphatic rings. The number of carboxylic acids is 1. The van der Waals surface area contributed by atoms with Crippen LogP contribution in [0.2, 0.25) is 0 Å². The minimum atomic E-state index is -0.941. The fourth-order valence-electron chi connectivity index (χ4n) is 3.87. The summed E-state index contributed by atoms with van der Waals surface area (Å²) in [4.78, 5) is 11.2. The average molecular weight is 355 g/mol. The first-order chi connectivity index (χ1) is 13.1. The average Bonchev–Trinajstić information content (AvgIpc) is 3.01. The van der Waals surface area contributed by atoms with Gasteiger partial charge < -0.3 is 9.51 Å². The molecule has 0 saturated heterocycles. The lowest BCUT2D eigenvalue weighted by atomic mass is 9.96. The Morgan fingerprint density at radius 3 is 2.41 bits per heavy atom. The number of hydrogen-bond donors (Lipinski definition) is 1. The van der Waals surface area contributed by atoms with Crippen molar-refractivity contribution in [2.45, 2.75) is 19.8 Å². The number of hydrogen-bond acceptors (Lipinski definition) is 1. The monoisotopic (exact) mass is 355 g/mol. The van der Waals surface area contributed by atoms with Crippen LogP contribution in [0.5, 0.6) is 0 Å². The van der Waals surface area contributed by atoms with E-state index >= 15 is 0 Å². The molecule has 0 atom stereocenters. The highest BCUT2D eigenvalue weighted by Crippen LogP contribution is 2.40. The van der Waals surface area contributed by atoms with Crippen molar-refractivity contribution < 1.29 is 9.90 Å². The summed E-state index contributed by atoms with van der Waals surface area (Å²) in [7, 11) is 0. The fourth-order valence-corrected chi connectivity index (χ4v) is 3.87. The van der Waals surface area contributed by atoms with Gasteiger partial charge in [-0.15, -0.1) is 0 Å². The van der Waals surface area contributed by atoms with E-state index in [0.717, 1.165) is 33.3 Å². The molecule has 134 valence electrons. The van der Waals surface area contributed by atoms with Crippen LogP contribution in [0.15, 0.2) is 72.9 Å². The van der Waals surface area contributed by atoms with Crippen molar-refractivity contribution in [3.8, 4) is 11.1 Å². The van der Waals surface area contributed by atoms with Crippen LogP contribution < -0.4 is 0 Å². The zero-order valence-electron chi connectivity index (χ0n) is 15.4. The molecular weight excluding hydrogens is 334 g/mol. The van der Waals surface area contributed by atoms with E-state index in [1.165, 1.54) is 11.5 Å². The number of pyridine rings is 1. The Morgan fingerprint density at radius 2 is 1.70 bits per heavy atom. The molecule has 2 heterocycles. The molecular formula is C24H21NO2. The number of aliphatic carboxylic acids is 1. The van der Waals surface area contributed by atoms with Crippen LogP contribution in [0, 0.1) is 0 Å². The summed E-state index contributed by atoms with van der Waals surface area (Å²) in [6.07, 6.45) is 5.06. The summed E-state index contributed by atoms with van der Waals surface area (Å²) in [5.41, 5.74) is 5.37. The van der Waals surface area contributed by atoms with E-state index in [4.69, 9.17) is 0 Å². The molecule has 2 aromatic heterocycles. The molecule has 0 fully saturated rings. The molecule has 4 rings (SSSR count). The number of carbonyl (C=O) groups is 1. The van der Waals surface area contributed by atoms with E-state index in [-0.39, 0.29) is 5.92 Å². The Hall–Kier alpha value is -3.33. The molecule has 3 heteroatoms. The SMILES string of the molecule is CC(C)c1c(/C=C/C(=O)O)c(-c2ccccc2)c2c3ccccc3ccn12. The van der Waals surface area contributed by atoms with Crippen molar-refractivity contribution in [1.29, 1.82) is 0 Å². The van der Waals surface area contributed by atoms with E-state index in [1.54, 1.807) is 6.08 Å². The normalized spacial score (nSPS) is 11.8. The molecule has 3 nitrogen and oxygen atoms in total. The van der Waals surface area contributed by atoms with Gasteiger partial charge in [-0.3, -0.25) is 0 Å². The number of nitrogens with zero attached hydrogens (tertiary/aromatic N) is 1. The van der Waals surface area contributed by atoms with Crippen molar-refractivity contribution in [2.24, 2.45) is 0 Å². The molecule has 1 N–H and O–H groups in total. The first-order valence-electron chi connectivity index (χ1n) is 9.10. The van der Waals surface area contributed by atoms with E-state index in [1.807, 2.05) is 30.3 Å². The lowest BCUT2D eigenvalue weighted by Crippen LogP contribution is -1.97. The standard InChI is InChI=1S/C24H21NO2/c1-16(2)23-20(12-13-21(26)27)22(18-9-4-3-5-10-18)24-19-11-7-6-8-17(19)14-15-25(23)24/h3-16H,1-2H3,(H,26,27)/b13-12+. The number of carboxylic acid groups (broad SMARTS) is 1. The van der Waals surface area contributed by atoms with Gasteiger partial charge in [-0.1, -0.05) is 68.4 Å². The first kappa shape index (κ1) is 17.1. The molecule has 2 aromatic carbocycles. The maximum absolute atomic E-state index is 11.2. The number of benzene rings is 2. The minimum absolute atomic E-state index is 0.240. The Bertz CT molecular complexity index is 1170.